The molecule has 3 rings (SSSR count). The van der Waals surface area contributed by atoms with Crippen LogP contribution < -0.4 is 4.72 Å². The van der Waals surface area contributed by atoms with Gasteiger partial charge in [0, 0.05) is 11.3 Å². The van der Waals surface area contributed by atoms with E-state index in [0.717, 1.165) is 0 Å². The normalized spacial score (nSPS) is 11.4. The number of amides is 1. The maximum absolute atomic E-state index is 12.6. The molecular weight excluding hydrogens is 409 g/mol. The molecule has 2 aromatic carbocycles. The highest BCUT2D eigenvalue weighted by Gasteiger charge is 2.25. The first-order valence-corrected chi connectivity index (χ1v) is 10.2. The third kappa shape index (κ3) is 4.00. The molecule has 1 aromatic heterocycles. The van der Waals surface area contributed by atoms with Gasteiger partial charge in [-0.2, -0.15) is 0 Å². The van der Waals surface area contributed by atoms with E-state index in [-0.39, 0.29) is 15.6 Å². The Morgan fingerprint density at radius 2 is 1.70 bits per heavy atom. The Morgan fingerprint density at radius 3 is 2.33 bits per heavy atom. The molecule has 0 aliphatic rings. The van der Waals surface area contributed by atoms with Gasteiger partial charge in [0.15, 0.2) is 5.69 Å². The van der Waals surface area contributed by atoms with Gasteiger partial charge in [-0.25, -0.2) is 18.1 Å². The third-order valence-electron chi connectivity index (χ3n) is 3.83. The van der Waals surface area contributed by atoms with Crippen molar-refractivity contribution in [3.63, 3.8) is 0 Å². The summed E-state index contributed by atoms with van der Waals surface area (Å²) >= 11 is 12.1. The zero-order chi connectivity index (χ0) is 19.6. The largest absolute Gasteiger partial charge is 0.341 e. The average molecular weight is 424 g/mol. The van der Waals surface area contributed by atoms with Crippen LogP contribution in [0.3, 0.4) is 0 Å². The van der Waals surface area contributed by atoms with Crippen LogP contribution in [0.15, 0.2) is 53.4 Å². The van der Waals surface area contributed by atoms with Gasteiger partial charge in [0.05, 0.1) is 10.0 Å². The number of aromatic nitrogens is 2. The maximum Gasteiger partial charge on any atom is 0.285 e. The van der Waals surface area contributed by atoms with Gasteiger partial charge in [-0.1, -0.05) is 54.4 Å². The Kier molecular flexibility index (Phi) is 5.55. The minimum atomic E-state index is -4.14. The van der Waals surface area contributed by atoms with Gasteiger partial charge in [0.1, 0.15) is 10.7 Å². The van der Waals surface area contributed by atoms with E-state index in [4.69, 9.17) is 23.2 Å². The fourth-order valence-corrected chi connectivity index (χ4v) is 4.22. The van der Waals surface area contributed by atoms with E-state index in [1.165, 1.54) is 18.2 Å². The number of aromatic amines is 1. The number of benzene rings is 2. The van der Waals surface area contributed by atoms with Gasteiger partial charge in [-0.15, -0.1) is 0 Å². The molecule has 2 N–H and O–H groups in total. The lowest BCUT2D eigenvalue weighted by Gasteiger charge is -2.07. The van der Waals surface area contributed by atoms with Gasteiger partial charge in [-0.3, -0.25) is 4.79 Å². The van der Waals surface area contributed by atoms with Crippen LogP contribution in [0, 0.1) is 0 Å². The summed E-state index contributed by atoms with van der Waals surface area (Å²) in [4.78, 5) is 19.7. The lowest BCUT2D eigenvalue weighted by Crippen LogP contribution is -2.31. The van der Waals surface area contributed by atoms with Crippen molar-refractivity contribution in [3.05, 3.63) is 70.0 Å². The number of H-pyrrole nitrogens is 1. The second kappa shape index (κ2) is 7.72. The molecule has 1 amide bonds. The molecule has 0 saturated carbocycles. The Bertz CT molecular complexity index is 1110. The zero-order valence-corrected chi connectivity index (χ0v) is 16.5. The number of carbonyl (C=O) groups excluding carboxylic acids is 1. The summed E-state index contributed by atoms with van der Waals surface area (Å²) in [5, 5.41) is 0.483. The number of aryl methyl sites for hydroxylation is 1. The third-order valence-corrected chi connectivity index (χ3v) is 5.99. The summed E-state index contributed by atoms with van der Waals surface area (Å²) in [6, 6.07) is 12.9. The molecule has 6 nitrogen and oxygen atoms in total. The molecule has 0 fully saturated rings. The highest BCUT2D eigenvalue weighted by Crippen LogP contribution is 2.27. The van der Waals surface area contributed by atoms with E-state index in [1.54, 1.807) is 30.3 Å². The molecule has 0 unspecified atom stereocenters. The Hall–Kier alpha value is -2.35. The smallest absolute Gasteiger partial charge is 0.285 e. The minimum absolute atomic E-state index is 0.0111. The molecule has 0 saturated heterocycles. The van der Waals surface area contributed by atoms with Crippen molar-refractivity contribution in [3.8, 4) is 11.4 Å². The summed E-state index contributed by atoms with van der Waals surface area (Å²) in [6.45, 7) is 1.82. The number of carbonyl (C=O) groups is 1. The summed E-state index contributed by atoms with van der Waals surface area (Å²) in [7, 11) is -4.14. The number of rotatable bonds is 5. The zero-order valence-electron chi connectivity index (χ0n) is 14.2. The Morgan fingerprint density at radius 1 is 1.07 bits per heavy atom. The van der Waals surface area contributed by atoms with Gasteiger partial charge in [0.2, 0.25) is 0 Å². The lowest BCUT2D eigenvalue weighted by molar-refractivity contribution is 0.0976. The van der Waals surface area contributed by atoms with Gasteiger partial charge in [0.25, 0.3) is 15.9 Å². The van der Waals surface area contributed by atoms with Crippen LogP contribution in [-0.2, 0) is 16.4 Å². The van der Waals surface area contributed by atoms with E-state index in [9.17, 15) is 13.2 Å². The molecule has 9 heteroatoms. The molecule has 0 atom stereocenters. The van der Waals surface area contributed by atoms with Crippen molar-refractivity contribution in [1.29, 1.82) is 0 Å². The van der Waals surface area contributed by atoms with Crippen LogP contribution in [0.5, 0.6) is 0 Å². The monoisotopic (exact) mass is 423 g/mol. The number of hydrogen-bond donors (Lipinski definition) is 2. The first kappa shape index (κ1) is 19.4. The van der Waals surface area contributed by atoms with Crippen LogP contribution in [0.1, 0.15) is 23.1 Å². The van der Waals surface area contributed by atoms with Gasteiger partial charge < -0.3 is 4.98 Å². The first-order chi connectivity index (χ1) is 12.8. The van der Waals surface area contributed by atoms with Crippen molar-refractivity contribution >= 4 is 39.1 Å². The number of halogens is 2. The molecular formula is C18H15Cl2N3O3S. The minimum Gasteiger partial charge on any atom is -0.341 e. The van der Waals surface area contributed by atoms with Crippen molar-refractivity contribution in [2.75, 3.05) is 0 Å². The van der Waals surface area contributed by atoms with Gasteiger partial charge >= 0.3 is 0 Å². The Labute approximate surface area is 166 Å². The SMILES string of the molecule is CCc1[nH]c(-c2ccccc2Cl)nc1C(=O)NS(=O)(=O)c1ccccc1Cl. The second-order valence-corrected chi connectivity index (χ2v) is 8.08. The van der Waals surface area contributed by atoms with Crippen LogP contribution in [0.4, 0.5) is 0 Å². The van der Waals surface area contributed by atoms with E-state index in [2.05, 4.69) is 9.97 Å². The fraction of sp³-hybridized carbons (Fsp3) is 0.111. The van der Waals surface area contributed by atoms with E-state index >= 15 is 0 Å². The van der Waals surface area contributed by atoms with E-state index in [0.29, 0.717) is 28.5 Å². The molecule has 0 radical (unpaired) electrons. The number of sulfonamides is 1. The quantitative estimate of drug-likeness (QED) is 0.646. The highest BCUT2D eigenvalue weighted by molar-refractivity contribution is 7.90. The predicted molar refractivity (Wildman–Crippen MR) is 105 cm³/mol. The van der Waals surface area contributed by atoms with Crippen molar-refractivity contribution in [2.45, 2.75) is 18.2 Å². The molecule has 0 spiro atoms. The molecule has 0 aliphatic carbocycles. The summed E-state index contributed by atoms with van der Waals surface area (Å²) < 4.78 is 27.0. The molecule has 1 heterocycles. The molecule has 140 valence electrons. The standard InChI is InChI=1S/C18H15Cl2N3O3S/c1-2-14-16(22-17(21-14)11-7-3-4-8-12(11)19)18(24)23-27(25,26)15-10-6-5-9-13(15)20/h3-10H,2H2,1H3,(H,21,22)(H,23,24). The summed E-state index contributed by atoms with van der Waals surface area (Å²) in [6.07, 6.45) is 0.451. The fourth-order valence-electron chi connectivity index (χ4n) is 2.52. The Balaban J connectivity index is 1.96. The number of nitrogens with zero attached hydrogens (tertiary/aromatic N) is 1. The first-order valence-electron chi connectivity index (χ1n) is 7.99. The van der Waals surface area contributed by atoms with Crippen molar-refractivity contribution in [1.82, 2.24) is 14.7 Å². The maximum atomic E-state index is 12.6. The van der Waals surface area contributed by atoms with Crippen molar-refractivity contribution in [2.24, 2.45) is 0 Å². The van der Waals surface area contributed by atoms with Crippen LogP contribution >= 0.6 is 23.2 Å². The molecule has 0 aliphatic heterocycles. The number of hydrogen-bond acceptors (Lipinski definition) is 4. The highest BCUT2D eigenvalue weighted by atomic mass is 35.5. The number of imidazole rings is 1. The molecule has 3 aromatic rings. The molecule has 27 heavy (non-hydrogen) atoms. The predicted octanol–water partition coefficient (Wildman–Crippen LogP) is 4.06. The lowest BCUT2D eigenvalue weighted by atomic mass is 10.2. The van der Waals surface area contributed by atoms with Crippen LogP contribution in [-0.4, -0.2) is 24.3 Å². The summed E-state index contributed by atoms with van der Waals surface area (Å²) in [5.41, 5.74) is 1.10. The van der Waals surface area contributed by atoms with E-state index < -0.39 is 15.9 Å². The van der Waals surface area contributed by atoms with E-state index in [1.807, 2.05) is 11.6 Å². The van der Waals surface area contributed by atoms with Crippen molar-refractivity contribution < 1.29 is 13.2 Å². The number of nitrogens with one attached hydrogen (secondary N) is 2. The van der Waals surface area contributed by atoms with Gasteiger partial charge in [-0.05, 0) is 30.7 Å². The summed E-state index contributed by atoms with van der Waals surface area (Å²) in [5.74, 6) is -0.459. The molecule has 0 bridgehead atoms. The van der Waals surface area contributed by atoms with Crippen LogP contribution in [0.25, 0.3) is 11.4 Å². The topological polar surface area (TPSA) is 91.9 Å². The van der Waals surface area contributed by atoms with Crippen LogP contribution in [0.2, 0.25) is 10.0 Å². The second-order valence-electron chi connectivity index (χ2n) is 5.61. The average Bonchev–Trinajstić information content (AvgIpc) is 3.06.